The minimum Gasteiger partial charge on any atom is -0.477 e. The molecule has 1 atom stereocenters. The van der Waals surface area contributed by atoms with Crippen LogP contribution in [0.5, 0.6) is 0 Å². The van der Waals surface area contributed by atoms with Crippen molar-refractivity contribution in [3.05, 3.63) is 57.3 Å². The summed E-state index contributed by atoms with van der Waals surface area (Å²) in [6.07, 6.45) is -4.00. The fourth-order valence-corrected chi connectivity index (χ4v) is 4.81. The second-order valence-electron chi connectivity index (χ2n) is 8.10. The van der Waals surface area contributed by atoms with Crippen molar-refractivity contribution in [1.29, 1.82) is 0 Å². The Balaban J connectivity index is 1.54. The van der Waals surface area contributed by atoms with Gasteiger partial charge in [-0.15, -0.1) is 11.3 Å². The lowest BCUT2D eigenvalue weighted by atomic mass is 9.97. The second kappa shape index (κ2) is 10.7. The van der Waals surface area contributed by atoms with E-state index in [9.17, 15) is 31.5 Å². The quantitative estimate of drug-likeness (QED) is 0.371. The number of amides is 1. The number of alkyl halides is 5. The van der Waals surface area contributed by atoms with Gasteiger partial charge >= 0.3 is 18.2 Å². The van der Waals surface area contributed by atoms with Crippen molar-refractivity contribution in [3.63, 3.8) is 0 Å². The number of cyclic esters (lactones) is 1. The van der Waals surface area contributed by atoms with Crippen LogP contribution in [0.25, 0.3) is 0 Å². The summed E-state index contributed by atoms with van der Waals surface area (Å²) in [5.74, 6) is -4.43. The van der Waals surface area contributed by atoms with Crippen LogP contribution in [0, 0.1) is 0 Å². The number of ether oxygens (including phenoxy) is 1. The van der Waals surface area contributed by atoms with Gasteiger partial charge in [0.25, 0.3) is 5.92 Å². The average molecular weight is 506 g/mol. The van der Waals surface area contributed by atoms with Gasteiger partial charge in [-0.2, -0.15) is 13.2 Å². The molecule has 1 aromatic heterocycles. The normalized spacial score (nSPS) is 17.0. The number of carbonyl (C=O) groups excluding carboxylic acids is 1. The summed E-state index contributed by atoms with van der Waals surface area (Å²) in [6, 6.07) is 6.11. The second-order valence-corrected chi connectivity index (χ2v) is 9.27. The van der Waals surface area contributed by atoms with E-state index in [1.807, 2.05) is 0 Å². The average Bonchev–Trinajstić information content (AvgIpc) is 3.24. The van der Waals surface area contributed by atoms with Gasteiger partial charge in [-0.3, -0.25) is 0 Å². The highest BCUT2D eigenvalue weighted by atomic mass is 32.1. The molecule has 5 nitrogen and oxygen atoms in total. The van der Waals surface area contributed by atoms with Gasteiger partial charge in [0.05, 0.1) is 12.2 Å². The SMILES string of the molecule is O=C(O)c1ccc(CCCN2C(=O)OCC[C@@H]2CCCC(F)(F)c2cccc(C(F)(F)F)c2)s1. The first-order chi connectivity index (χ1) is 16.0. The highest BCUT2D eigenvalue weighted by molar-refractivity contribution is 7.13. The standard InChI is InChI=1S/C23H24F5NO4S/c24-22(25,15-4-1-5-16(14-15)23(26,27)28)11-2-6-17-10-13-33-21(32)29(17)12-3-7-18-8-9-19(34-18)20(30)31/h1,4-5,8-9,14,17H,2-3,6-7,10-13H2,(H,30,31)/t17-/m0/s1. The third-order valence-corrected chi connectivity index (χ3v) is 6.82. The third kappa shape index (κ3) is 6.68. The van der Waals surface area contributed by atoms with E-state index in [-0.39, 0.29) is 30.4 Å². The van der Waals surface area contributed by atoms with Crippen molar-refractivity contribution in [1.82, 2.24) is 4.90 Å². The maximum absolute atomic E-state index is 14.6. The molecule has 0 saturated carbocycles. The lowest BCUT2D eigenvalue weighted by Crippen LogP contribution is -2.46. The molecule has 2 heterocycles. The lowest BCUT2D eigenvalue weighted by Gasteiger charge is -2.35. The predicted octanol–water partition coefficient (Wildman–Crippen LogP) is 6.57. The number of carboxylic acids is 1. The Bertz CT molecular complexity index is 1010. The summed E-state index contributed by atoms with van der Waals surface area (Å²) < 4.78 is 72.8. The smallest absolute Gasteiger partial charge is 0.416 e. The third-order valence-electron chi connectivity index (χ3n) is 5.69. The minimum atomic E-state index is -4.70. The van der Waals surface area contributed by atoms with Crippen LogP contribution in [0.2, 0.25) is 0 Å². The number of rotatable bonds is 10. The Labute approximate surface area is 197 Å². The molecule has 186 valence electrons. The fraction of sp³-hybridized carbons (Fsp3) is 0.478. The van der Waals surface area contributed by atoms with Gasteiger partial charge in [0.2, 0.25) is 0 Å². The molecule has 1 aliphatic heterocycles. The molecule has 0 unspecified atom stereocenters. The number of aryl methyl sites for hydroxylation is 1. The molecule has 0 bridgehead atoms. The van der Waals surface area contributed by atoms with Crippen LogP contribution in [0.15, 0.2) is 36.4 Å². The first-order valence-electron chi connectivity index (χ1n) is 10.8. The molecule has 11 heteroatoms. The Hall–Kier alpha value is -2.69. The van der Waals surface area contributed by atoms with Gasteiger partial charge in [-0.05, 0) is 49.9 Å². The largest absolute Gasteiger partial charge is 0.477 e. The lowest BCUT2D eigenvalue weighted by molar-refractivity contribution is -0.137. The Morgan fingerprint density at radius 2 is 1.85 bits per heavy atom. The molecule has 3 rings (SSSR count). The van der Waals surface area contributed by atoms with Crippen molar-refractivity contribution in [2.45, 2.75) is 56.7 Å². The van der Waals surface area contributed by atoms with Crippen LogP contribution in [0.4, 0.5) is 26.7 Å². The predicted molar refractivity (Wildman–Crippen MR) is 115 cm³/mol. The molecule has 1 aromatic carbocycles. The fourth-order valence-electron chi connectivity index (χ4n) is 3.92. The van der Waals surface area contributed by atoms with E-state index in [1.54, 1.807) is 6.07 Å². The zero-order valence-corrected chi connectivity index (χ0v) is 18.9. The van der Waals surface area contributed by atoms with Crippen molar-refractivity contribution in [2.75, 3.05) is 13.2 Å². The molecule has 1 amide bonds. The van der Waals surface area contributed by atoms with Crippen LogP contribution in [-0.4, -0.2) is 41.3 Å². The molecular formula is C23H24F5NO4S. The molecule has 34 heavy (non-hydrogen) atoms. The van der Waals surface area contributed by atoms with Crippen molar-refractivity contribution >= 4 is 23.4 Å². The number of thiophene rings is 1. The van der Waals surface area contributed by atoms with Gasteiger partial charge in [0, 0.05) is 35.9 Å². The molecule has 1 fully saturated rings. The van der Waals surface area contributed by atoms with Crippen LogP contribution >= 0.6 is 11.3 Å². The number of aromatic carboxylic acids is 1. The van der Waals surface area contributed by atoms with Crippen molar-refractivity contribution in [2.24, 2.45) is 0 Å². The van der Waals surface area contributed by atoms with Gasteiger partial charge in [-0.1, -0.05) is 12.1 Å². The number of halogens is 5. The maximum Gasteiger partial charge on any atom is 0.416 e. The number of benzene rings is 1. The van der Waals surface area contributed by atoms with Gasteiger partial charge in [-0.25, -0.2) is 18.4 Å². The van der Waals surface area contributed by atoms with Crippen molar-refractivity contribution < 1.29 is 41.4 Å². The molecule has 1 saturated heterocycles. The molecule has 1 N–H and O–H groups in total. The summed E-state index contributed by atoms with van der Waals surface area (Å²) >= 11 is 1.16. The van der Waals surface area contributed by atoms with E-state index in [4.69, 9.17) is 9.84 Å². The summed E-state index contributed by atoms with van der Waals surface area (Å²) in [5.41, 5.74) is -1.80. The van der Waals surface area contributed by atoms with E-state index in [0.717, 1.165) is 34.4 Å². The molecule has 0 radical (unpaired) electrons. The molecule has 1 aliphatic rings. The highest BCUT2D eigenvalue weighted by Crippen LogP contribution is 2.37. The molecular weight excluding hydrogens is 481 g/mol. The summed E-state index contributed by atoms with van der Waals surface area (Å²) in [4.78, 5) is 25.8. The van der Waals surface area contributed by atoms with Gasteiger partial charge in [0.1, 0.15) is 4.88 Å². The zero-order valence-electron chi connectivity index (χ0n) is 18.1. The topological polar surface area (TPSA) is 66.8 Å². The summed E-state index contributed by atoms with van der Waals surface area (Å²) in [5, 5.41) is 9.00. The van der Waals surface area contributed by atoms with Crippen LogP contribution < -0.4 is 0 Å². The van der Waals surface area contributed by atoms with Crippen LogP contribution in [0.3, 0.4) is 0 Å². The van der Waals surface area contributed by atoms with Gasteiger partial charge in [0.15, 0.2) is 0 Å². The number of nitrogens with zero attached hydrogens (tertiary/aromatic N) is 1. The number of carbonyl (C=O) groups is 2. The first kappa shape index (κ1) is 25.9. The Morgan fingerprint density at radius 1 is 1.12 bits per heavy atom. The number of hydrogen-bond donors (Lipinski definition) is 1. The van der Waals surface area contributed by atoms with Crippen LogP contribution in [0.1, 0.15) is 57.8 Å². The van der Waals surface area contributed by atoms with Gasteiger partial charge < -0.3 is 14.7 Å². The van der Waals surface area contributed by atoms with E-state index in [0.29, 0.717) is 31.9 Å². The first-order valence-corrected chi connectivity index (χ1v) is 11.6. The van der Waals surface area contributed by atoms with E-state index in [2.05, 4.69) is 0 Å². The monoisotopic (exact) mass is 505 g/mol. The van der Waals surface area contributed by atoms with Crippen molar-refractivity contribution in [3.8, 4) is 0 Å². The van der Waals surface area contributed by atoms with Crippen LogP contribution in [-0.2, 0) is 23.3 Å². The molecule has 2 aromatic rings. The van der Waals surface area contributed by atoms with E-state index >= 15 is 0 Å². The number of carboxylic acid groups (broad SMARTS) is 1. The Morgan fingerprint density at radius 3 is 2.53 bits per heavy atom. The number of hydrogen-bond acceptors (Lipinski definition) is 4. The molecule has 0 aliphatic carbocycles. The highest BCUT2D eigenvalue weighted by Gasteiger charge is 2.36. The minimum absolute atomic E-state index is 0.0184. The zero-order chi connectivity index (χ0) is 24.9. The van der Waals surface area contributed by atoms with E-state index < -0.39 is 41.7 Å². The maximum atomic E-state index is 14.6. The summed E-state index contributed by atoms with van der Waals surface area (Å²) in [6.45, 7) is 0.505. The van der Waals surface area contributed by atoms with E-state index in [1.165, 1.54) is 11.0 Å². The summed E-state index contributed by atoms with van der Waals surface area (Å²) in [7, 11) is 0. The molecule has 0 spiro atoms. The Kier molecular flexibility index (Phi) is 8.17.